The number of benzene rings is 2. The van der Waals surface area contributed by atoms with E-state index in [1.807, 2.05) is 0 Å². The van der Waals surface area contributed by atoms with E-state index in [1.54, 1.807) is 24.3 Å². The smallest absolute Gasteiger partial charge is 0.416 e. The summed E-state index contributed by atoms with van der Waals surface area (Å²) >= 11 is 11.2. The van der Waals surface area contributed by atoms with Crippen LogP contribution in [0.1, 0.15) is 5.56 Å². The van der Waals surface area contributed by atoms with Crippen LogP contribution >= 0.6 is 23.8 Å². The third kappa shape index (κ3) is 5.85. The van der Waals surface area contributed by atoms with Gasteiger partial charge in [0.2, 0.25) is 0 Å². The maximum atomic E-state index is 12.8. The van der Waals surface area contributed by atoms with Gasteiger partial charge in [-0.3, -0.25) is 5.32 Å². The normalized spacial score (nSPS) is 24.1. The zero-order valence-corrected chi connectivity index (χ0v) is 18.5. The van der Waals surface area contributed by atoms with E-state index < -0.39 is 36.1 Å². The fraction of sp³-hybridized carbons (Fsp3) is 0.333. The lowest BCUT2D eigenvalue weighted by atomic mass is 10.1. The molecule has 2 aromatic rings. The van der Waals surface area contributed by atoms with E-state index in [4.69, 9.17) is 38.0 Å². The van der Waals surface area contributed by atoms with E-state index in [0.29, 0.717) is 10.1 Å². The van der Waals surface area contributed by atoms with Gasteiger partial charge in [-0.1, -0.05) is 17.7 Å². The van der Waals surface area contributed by atoms with Gasteiger partial charge in [0.25, 0.3) is 0 Å². The van der Waals surface area contributed by atoms with Crippen molar-refractivity contribution in [2.45, 2.75) is 30.5 Å². The second kappa shape index (κ2) is 9.72. The Labute approximate surface area is 197 Å². The Morgan fingerprint density at radius 1 is 1.03 bits per heavy atom. The monoisotopic (exact) mass is 501 g/mol. The van der Waals surface area contributed by atoms with Gasteiger partial charge in [-0.05, 0) is 54.7 Å². The highest BCUT2D eigenvalue weighted by Gasteiger charge is 2.49. The molecular weight excluding hydrogens is 483 g/mol. The van der Waals surface area contributed by atoms with Crippen molar-refractivity contribution in [3.63, 3.8) is 0 Å². The summed E-state index contributed by atoms with van der Waals surface area (Å²) in [6.45, 7) is 0.355. The van der Waals surface area contributed by atoms with Crippen LogP contribution in [0.15, 0.2) is 48.5 Å². The molecular formula is C21H19ClF3N3O4S. The number of halogens is 4. The number of rotatable bonds is 4. The molecule has 1 amide bonds. The predicted octanol–water partition coefficient (Wildman–Crippen LogP) is 4.43. The number of carbonyl (C=O) groups is 1. The molecule has 3 N–H and O–H groups in total. The average molecular weight is 502 g/mol. The molecule has 4 rings (SSSR count). The molecule has 0 bridgehead atoms. The first-order valence-electron chi connectivity index (χ1n) is 9.90. The Kier molecular flexibility index (Phi) is 6.94. The average Bonchev–Trinajstić information content (AvgIpc) is 3.33. The number of amides is 1. The molecule has 33 heavy (non-hydrogen) atoms. The van der Waals surface area contributed by atoms with Gasteiger partial charge < -0.3 is 24.8 Å². The standard InChI is InChI=1S/C21H19ClF3N3O4S/c22-12-4-6-13(7-5-12)26-19(33)28-15-9-30-18-16(10-31-17(15)18)32-20(29)27-14-3-1-2-11(8-14)21(23,24)25/h1-8,15-18H,9-10H2,(H,27,29)(H2,26,28,33)/t15-,16+,17+,18+/m0/s1. The number of nitrogens with one attached hydrogen (secondary N) is 3. The first kappa shape index (κ1) is 23.6. The summed E-state index contributed by atoms with van der Waals surface area (Å²) in [4.78, 5) is 12.2. The highest BCUT2D eigenvalue weighted by Crippen LogP contribution is 2.31. The molecule has 7 nitrogen and oxygen atoms in total. The first-order valence-corrected chi connectivity index (χ1v) is 10.7. The summed E-state index contributed by atoms with van der Waals surface area (Å²) in [7, 11) is 0. The van der Waals surface area contributed by atoms with Crippen molar-refractivity contribution in [3.05, 3.63) is 59.1 Å². The Morgan fingerprint density at radius 2 is 1.76 bits per heavy atom. The summed E-state index contributed by atoms with van der Waals surface area (Å²) in [5.41, 5.74) is -0.149. The molecule has 0 unspecified atom stereocenters. The van der Waals surface area contributed by atoms with Gasteiger partial charge in [-0.2, -0.15) is 13.2 Å². The summed E-state index contributed by atoms with van der Waals surface area (Å²) in [5.74, 6) is 0. The molecule has 2 heterocycles. The fourth-order valence-electron chi connectivity index (χ4n) is 3.62. The Morgan fingerprint density at radius 3 is 2.48 bits per heavy atom. The molecule has 2 aliphatic rings. The lowest BCUT2D eigenvalue weighted by Crippen LogP contribution is -2.46. The zero-order chi connectivity index (χ0) is 23.6. The van der Waals surface area contributed by atoms with Crippen molar-refractivity contribution < 1.29 is 32.2 Å². The number of anilines is 2. The summed E-state index contributed by atoms with van der Waals surface area (Å²) in [5, 5.41) is 9.44. The maximum absolute atomic E-state index is 12.8. The van der Waals surface area contributed by atoms with E-state index in [9.17, 15) is 18.0 Å². The van der Waals surface area contributed by atoms with Gasteiger partial charge in [-0.15, -0.1) is 0 Å². The van der Waals surface area contributed by atoms with Crippen molar-refractivity contribution in [1.82, 2.24) is 5.32 Å². The number of alkyl halides is 3. The zero-order valence-electron chi connectivity index (χ0n) is 16.9. The van der Waals surface area contributed by atoms with E-state index in [1.165, 1.54) is 12.1 Å². The summed E-state index contributed by atoms with van der Waals surface area (Å²) < 4.78 is 55.3. The molecule has 12 heteroatoms. The SMILES string of the molecule is O=C(Nc1cccc(C(F)(F)F)c1)O[C@@H]1CO[C@H]2[C@@H]1OC[C@@H]2NC(=S)Nc1ccc(Cl)cc1. The summed E-state index contributed by atoms with van der Waals surface area (Å²) in [6, 6.07) is 11.0. The minimum absolute atomic E-state index is 0.0317. The van der Waals surface area contributed by atoms with Crippen molar-refractivity contribution >= 4 is 46.4 Å². The lowest BCUT2D eigenvalue weighted by molar-refractivity contribution is -0.137. The van der Waals surface area contributed by atoms with Gasteiger partial charge in [0.05, 0.1) is 24.8 Å². The van der Waals surface area contributed by atoms with Crippen LogP contribution in [0.3, 0.4) is 0 Å². The topological polar surface area (TPSA) is 80.9 Å². The molecule has 0 radical (unpaired) electrons. The summed E-state index contributed by atoms with van der Waals surface area (Å²) in [6.07, 6.45) is -7.08. The molecule has 0 aromatic heterocycles. The number of carbonyl (C=O) groups excluding carboxylic acids is 1. The minimum Gasteiger partial charge on any atom is -0.441 e. The van der Waals surface area contributed by atoms with Crippen molar-refractivity contribution in [2.75, 3.05) is 23.8 Å². The molecule has 0 spiro atoms. The third-order valence-electron chi connectivity index (χ3n) is 5.12. The third-order valence-corrected chi connectivity index (χ3v) is 5.59. The van der Waals surface area contributed by atoms with Crippen LogP contribution in [-0.4, -0.2) is 48.8 Å². The predicted molar refractivity (Wildman–Crippen MR) is 119 cm³/mol. The number of thiocarbonyl (C=S) groups is 1. The van der Waals surface area contributed by atoms with Crippen LogP contribution in [0, 0.1) is 0 Å². The molecule has 2 fully saturated rings. The molecule has 176 valence electrons. The van der Waals surface area contributed by atoms with Crippen molar-refractivity contribution in [1.29, 1.82) is 0 Å². The molecule has 4 atom stereocenters. The second-order valence-corrected chi connectivity index (χ2v) is 8.30. The van der Waals surface area contributed by atoms with E-state index in [2.05, 4.69) is 16.0 Å². The van der Waals surface area contributed by atoms with Gasteiger partial charge in [0, 0.05) is 16.4 Å². The number of hydrogen-bond donors (Lipinski definition) is 3. The van der Waals surface area contributed by atoms with Crippen molar-refractivity contribution in [3.8, 4) is 0 Å². The van der Waals surface area contributed by atoms with Crippen LogP contribution in [0.2, 0.25) is 5.02 Å². The van der Waals surface area contributed by atoms with Crippen LogP contribution < -0.4 is 16.0 Å². The van der Waals surface area contributed by atoms with Gasteiger partial charge >= 0.3 is 12.3 Å². The Bertz CT molecular complexity index is 1020. The van der Waals surface area contributed by atoms with E-state index in [-0.39, 0.29) is 24.9 Å². The molecule has 2 aliphatic heterocycles. The van der Waals surface area contributed by atoms with E-state index in [0.717, 1.165) is 17.8 Å². The highest BCUT2D eigenvalue weighted by molar-refractivity contribution is 7.80. The van der Waals surface area contributed by atoms with Crippen LogP contribution in [0.4, 0.5) is 29.3 Å². The van der Waals surface area contributed by atoms with E-state index >= 15 is 0 Å². The van der Waals surface area contributed by atoms with Gasteiger partial charge in [0.1, 0.15) is 12.2 Å². The molecule has 0 aliphatic carbocycles. The quantitative estimate of drug-likeness (QED) is 0.535. The van der Waals surface area contributed by atoms with Gasteiger partial charge in [-0.25, -0.2) is 4.79 Å². The molecule has 0 saturated carbocycles. The fourth-order valence-corrected chi connectivity index (χ4v) is 4.01. The van der Waals surface area contributed by atoms with Crippen molar-refractivity contribution in [2.24, 2.45) is 0 Å². The Hall–Kier alpha value is -2.60. The maximum Gasteiger partial charge on any atom is 0.416 e. The lowest BCUT2D eigenvalue weighted by Gasteiger charge is -2.20. The largest absolute Gasteiger partial charge is 0.441 e. The number of ether oxygens (including phenoxy) is 3. The van der Waals surface area contributed by atoms with Crippen LogP contribution in [0.25, 0.3) is 0 Å². The molecule has 2 aromatic carbocycles. The number of hydrogen-bond acceptors (Lipinski definition) is 5. The van der Waals surface area contributed by atoms with Gasteiger partial charge in [0.15, 0.2) is 11.2 Å². The van der Waals surface area contributed by atoms with Crippen LogP contribution in [-0.2, 0) is 20.4 Å². The first-order chi connectivity index (χ1) is 15.7. The highest BCUT2D eigenvalue weighted by atomic mass is 35.5. The molecule has 2 saturated heterocycles. The number of fused-ring (bicyclic) bond motifs is 1. The second-order valence-electron chi connectivity index (χ2n) is 7.46. The Balaban J connectivity index is 1.29. The van der Waals surface area contributed by atoms with Crippen LogP contribution in [0.5, 0.6) is 0 Å². The minimum atomic E-state index is -4.52.